The second-order valence-corrected chi connectivity index (χ2v) is 7.96. The largest absolute Gasteiger partial charge is 0.379 e. The minimum atomic E-state index is -3.17. The lowest BCUT2D eigenvalue weighted by molar-refractivity contribution is 0.0196. The van der Waals surface area contributed by atoms with Crippen LogP contribution in [0.15, 0.2) is 0 Å². The lowest BCUT2D eigenvalue weighted by Crippen LogP contribution is -2.46. The predicted octanol–water partition coefficient (Wildman–Crippen LogP) is -0.279. The van der Waals surface area contributed by atoms with E-state index in [0.717, 1.165) is 39.3 Å². The van der Waals surface area contributed by atoms with Crippen LogP contribution in [0.25, 0.3) is 0 Å². The van der Waals surface area contributed by atoms with Crippen molar-refractivity contribution in [1.82, 2.24) is 14.5 Å². The van der Waals surface area contributed by atoms with Crippen molar-refractivity contribution in [2.75, 3.05) is 52.5 Å². The first-order chi connectivity index (χ1) is 9.55. The molecule has 0 spiro atoms. The van der Waals surface area contributed by atoms with E-state index < -0.39 is 10.0 Å². The van der Waals surface area contributed by atoms with Crippen LogP contribution in [-0.4, -0.2) is 81.4 Å². The second kappa shape index (κ2) is 7.17. The summed E-state index contributed by atoms with van der Waals surface area (Å²) >= 11 is 0. The maximum Gasteiger partial charge on any atom is 0.218 e. The first-order valence-corrected chi connectivity index (χ1v) is 9.07. The third kappa shape index (κ3) is 3.71. The molecule has 2 aliphatic rings. The van der Waals surface area contributed by atoms with Gasteiger partial charge < -0.3 is 10.1 Å². The van der Waals surface area contributed by atoms with Crippen LogP contribution in [0, 0.1) is 0 Å². The summed E-state index contributed by atoms with van der Waals surface area (Å²) in [6, 6.07) is 0.361. The first-order valence-electron chi connectivity index (χ1n) is 7.57. The molecule has 0 aromatic carbocycles. The van der Waals surface area contributed by atoms with Gasteiger partial charge in [0.2, 0.25) is 10.0 Å². The van der Waals surface area contributed by atoms with Crippen LogP contribution in [-0.2, 0) is 14.8 Å². The molecule has 118 valence electrons. The Kier molecular flexibility index (Phi) is 5.80. The van der Waals surface area contributed by atoms with E-state index in [1.165, 1.54) is 0 Å². The minimum absolute atomic E-state index is 0.356. The number of sulfonamides is 1. The summed E-state index contributed by atoms with van der Waals surface area (Å²) in [7, 11) is -3.17. The number of nitrogens with one attached hydrogen (secondary N) is 1. The third-order valence-corrected chi connectivity index (χ3v) is 6.47. The molecular formula is C13H27N3O3S. The van der Waals surface area contributed by atoms with Gasteiger partial charge >= 0.3 is 0 Å². The Labute approximate surface area is 122 Å². The fourth-order valence-corrected chi connectivity index (χ4v) is 4.47. The van der Waals surface area contributed by atoms with Gasteiger partial charge in [-0.1, -0.05) is 6.92 Å². The highest BCUT2D eigenvalue weighted by atomic mass is 32.2. The molecule has 2 saturated heterocycles. The maximum atomic E-state index is 12.5. The van der Waals surface area contributed by atoms with E-state index >= 15 is 0 Å². The summed E-state index contributed by atoms with van der Waals surface area (Å²) < 4.78 is 32.0. The topological polar surface area (TPSA) is 61.9 Å². The molecule has 0 aromatic rings. The number of rotatable bonds is 6. The first kappa shape index (κ1) is 16.2. The van der Waals surface area contributed by atoms with Crippen molar-refractivity contribution in [3.63, 3.8) is 0 Å². The summed E-state index contributed by atoms with van der Waals surface area (Å²) in [6.45, 7) is 9.77. The Morgan fingerprint density at radius 2 is 2.00 bits per heavy atom. The van der Waals surface area contributed by atoms with Gasteiger partial charge in [-0.3, -0.25) is 4.90 Å². The quantitative estimate of drug-likeness (QED) is 0.731. The van der Waals surface area contributed by atoms with Gasteiger partial charge in [-0.05, 0) is 19.9 Å². The molecular weight excluding hydrogens is 278 g/mol. The highest BCUT2D eigenvalue weighted by molar-refractivity contribution is 7.89. The normalized spacial score (nSPS) is 27.8. The smallest absolute Gasteiger partial charge is 0.218 e. The Morgan fingerprint density at radius 1 is 1.30 bits per heavy atom. The molecule has 2 fully saturated rings. The van der Waals surface area contributed by atoms with E-state index in [0.29, 0.717) is 25.7 Å². The number of hydrogen-bond acceptors (Lipinski definition) is 5. The lowest BCUT2D eigenvalue weighted by atomic mass is 10.2. The molecule has 0 aliphatic carbocycles. The van der Waals surface area contributed by atoms with E-state index in [1.54, 1.807) is 11.2 Å². The van der Waals surface area contributed by atoms with E-state index in [1.807, 2.05) is 6.92 Å². The Bertz CT molecular complexity index is 396. The van der Waals surface area contributed by atoms with E-state index in [2.05, 4.69) is 10.2 Å². The summed E-state index contributed by atoms with van der Waals surface area (Å²) in [5.41, 5.74) is 0. The molecule has 1 N–H and O–H groups in total. The average Bonchev–Trinajstić information content (AvgIpc) is 2.96. The molecule has 2 unspecified atom stereocenters. The molecule has 0 bridgehead atoms. The van der Waals surface area contributed by atoms with Gasteiger partial charge in [-0.25, -0.2) is 12.7 Å². The van der Waals surface area contributed by atoms with Gasteiger partial charge in [0.25, 0.3) is 0 Å². The third-order valence-electron chi connectivity index (χ3n) is 4.24. The predicted molar refractivity (Wildman–Crippen MR) is 79.3 cm³/mol. The molecule has 2 aliphatic heterocycles. The summed E-state index contributed by atoms with van der Waals surface area (Å²) in [5, 5.41) is 2.76. The van der Waals surface area contributed by atoms with Crippen LogP contribution < -0.4 is 5.32 Å². The minimum Gasteiger partial charge on any atom is -0.379 e. The van der Waals surface area contributed by atoms with E-state index in [-0.39, 0.29) is 5.25 Å². The van der Waals surface area contributed by atoms with Crippen molar-refractivity contribution in [3.8, 4) is 0 Å². The van der Waals surface area contributed by atoms with Gasteiger partial charge in [0.15, 0.2) is 0 Å². The fourth-order valence-electron chi connectivity index (χ4n) is 2.89. The van der Waals surface area contributed by atoms with Crippen molar-refractivity contribution in [1.29, 1.82) is 0 Å². The molecule has 2 heterocycles. The molecule has 20 heavy (non-hydrogen) atoms. The number of hydrogen-bond donors (Lipinski definition) is 1. The van der Waals surface area contributed by atoms with Crippen molar-refractivity contribution < 1.29 is 13.2 Å². The van der Waals surface area contributed by atoms with Gasteiger partial charge in [0, 0.05) is 38.8 Å². The van der Waals surface area contributed by atoms with Crippen LogP contribution >= 0.6 is 0 Å². The Hall–Kier alpha value is -0.210. The number of morpholine rings is 1. The highest BCUT2D eigenvalue weighted by Gasteiger charge is 2.37. The zero-order valence-electron chi connectivity index (χ0n) is 12.5. The number of ether oxygens (including phenoxy) is 1. The fraction of sp³-hybridized carbons (Fsp3) is 1.00. The molecule has 0 radical (unpaired) electrons. The molecule has 2 atom stereocenters. The summed E-state index contributed by atoms with van der Waals surface area (Å²) in [4.78, 5) is 2.37. The zero-order valence-corrected chi connectivity index (χ0v) is 13.4. The van der Waals surface area contributed by atoms with Crippen LogP contribution in [0.2, 0.25) is 0 Å². The summed E-state index contributed by atoms with van der Waals surface area (Å²) in [5.74, 6) is 0. The summed E-state index contributed by atoms with van der Waals surface area (Å²) in [6.07, 6.45) is 0.938. The highest BCUT2D eigenvalue weighted by Crippen LogP contribution is 2.21. The van der Waals surface area contributed by atoms with Crippen LogP contribution in [0.3, 0.4) is 0 Å². The van der Waals surface area contributed by atoms with E-state index in [4.69, 9.17) is 4.74 Å². The van der Waals surface area contributed by atoms with Crippen molar-refractivity contribution in [2.24, 2.45) is 0 Å². The zero-order chi connectivity index (χ0) is 14.6. The van der Waals surface area contributed by atoms with E-state index in [9.17, 15) is 8.42 Å². The maximum absolute atomic E-state index is 12.5. The SMILES string of the molecule is CCNCC(C)S(=O)(=O)N1CCC(N2CCOCC2)C1. The Balaban J connectivity index is 1.90. The molecule has 0 amide bonds. The van der Waals surface area contributed by atoms with Crippen molar-refractivity contribution in [3.05, 3.63) is 0 Å². The second-order valence-electron chi connectivity index (χ2n) is 5.61. The molecule has 2 rings (SSSR count). The van der Waals surface area contributed by atoms with Gasteiger partial charge in [-0.15, -0.1) is 0 Å². The monoisotopic (exact) mass is 305 g/mol. The average molecular weight is 305 g/mol. The van der Waals surface area contributed by atoms with Crippen molar-refractivity contribution >= 4 is 10.0 Å². The number of nitrogens with zero attached hydrogens (tertiary/aromatic N) is 2. The lowest BCUT2D eigenvalue weighted by Gasteiger charge is -2.32. The van der Waals surface area contributed by atoms with Gasteiger partial charge in [0.05, 0.1) is 18.5 Å². The van der Waals surface area contributed by atoms with Crippen LogP contribution in [0.5, 0.6) is 0 Å². The van der Waals surface area contributed by atoms with Crippen LogP contribution in [0.4, 0.5) is 0 Å². The Morgan fingerprint density at radius 3 is 2.65 bits per heavy atom. The van der Waals surface area contributed by atoms with Crippen molar-refractivity contribution in [2.45, 2.75) is 31.6 Å². The van der Waals surface area contributed by atoms with Gasteiger partial charge in [-0.2, -0.15) is 0 Å². The molecule has 0 aromatic heterocycles. The van der Waals surface area contributed by atoms with Gasteiger partial charge in [0.1, 0.15) is 0 Å². The standard InChI is InChI=1S/C13H27N3O3S/c1-3-14-10-12(2)20(17,18)16-5-4-13(11-16)15-6-8-19-9-7-15/h12-14H,3-11H2,1-2H3. The molecule has 7 heteroatoms. The molecule has 6 nitrogen and oxygen atoms in total. The van der Waals surface area contributed by atoms with Crippen LogP contribution in [0.1, 0.15) is 20.3 Å². The molecule has 0 saturated carbocycles.